The van der Waals surface area contributed by atoms with Gasteiger partial charge in [0.1, 0.15) is 0 Å². The number of aromatic nitrogens is 1. The first-order valence-corrected chi connectivity index (χ1v) is 10.7. The van der Waals surface area contributed by atoms with Crippen LogP contribution in [0, 0.1) is 0 Å². The number of rotatable bonds is 3. The predicted octanol–water partition coefficient (Wildman–Crippen LogP) is 4.91. The first kappa shape index (κ1) is 18.4. The first-order valence-electron chi connectivity index (χ1n) is 9.94. The Morgan fingerprint density at radius 2 is 1.93 bits per heavy atom. The number of halogens is 1. The van der Waals surface area contributed by atoms with Crippen molar-refractivity contribution in [3.63, 3.8) is 0 Å². The molecule has 1 aliphatic rings. The van der Waals surface area contributed by atoms with Crippen molar-refractivity contribution < 1.29 is 4.79 Å². The number of nitrogens with two attached hydrogens (primary N) is 1. The fraction of sp³-hybridized carbons (Fsp3) is 0.208. The van der Waals surface area contributed by atoms with E-state index in [-0.39, 0.29) is 11.9 Å². The van der Waals surface area contributed by atoms with Crippen molar-refractivity contribution in [1.29, 1.82) is 0 Å². The fourth-order valence-corrected chi connectivity index (χ4v) is 4.88. The van der Waals surface area contributed by atoms with E-state index in [0.717, 1.165) is 27.7 Å². The van der Waals surface area contributed by atoms with E-state index in [9.17, 15) is 4.79 Å². The normalized spacial score (nSPS) is 16.3. The molecule has 1 atom stereocenters. The highest BCUT2D eigenvalue weighted by atomic mass is 79.9. The Bertz CT molecular complexity index is 1230. The smallest absolute Gasteiger partial charge is 0.224 e. The van der Waals surface area contributed by atoms with E-state index in [1.54, 1.807) is 0 Å². The topological polar surface area (TPSA) is 62.1 Å². The molecule has 0 bridgehead atoms. The molecule has 5 rings (SSSR count). The Morgan fingerprint density at radius 1 is 1.10 bits per heavy atom. The van der Waals surface area contributed by atoms with E-state index in [4.69, 9.17) is 5.73 Å². The van der Waals surface area contributed by atoms with Gasteiger partial charge in [-0.3, -0.25) is 4.79 Å². The molecule has 5 heteroatoms. The summed E-state index contributed by atoms with van der Waals surface area (Å²) >= 11 is 3.60. The van der Waals surface area contributed by atoms with Gasteiger partial charge in [0.2, 0.25) is 5.91 Å². The number of amides is 1. The van der Waals surface area contributed by atoms with Crippen molar-refractivity contribution >= 4 is 43.5 Å². The monoisotopic (exact) mass is 447 g/mol. The van der Waals surface area contributed by atoms with Gasteiger partial charge in [0.15, 0.2) is 0 Å². The van der Waals surface area contributed by atoms with Gasteiger partial charge in [-0.25, -0.2) is 0 Å². The molecule has 4 nitrogen and oxygen atoms in total. The van der Waals surface area contributed by atoms with Gasteiger partial charge >= 0.3 is 0 Å². The SMILES string of the molecule is NCCC(=O)N1CCc2c([nH]c3ccc(Br)cc23)C1c1ccc2ccccc2c1. The summed E-state index contributed by atoms with van der Waals surface area (Å²) in [5, 5.41) is 3.61. The van der Waals surface area contributed by atoms with Crippen LogP contribution in [-0.2, 0) is 11.2 Å². The summed E-state index contributed by atoms with van der Waals surface area (Å²) in [5.41, 5.74) is 10.4. The highest BCUT2D eigenvalue weighted by Gasteiger charge is 2.34. The number of carbonyl (C=O) groups is 1. The fourth-order valence-electron chi connectivity index (χ4n) is 4.52. The number of hydrogen-bond donors (Lipinski definition) is 2. The molecule has 1 amide bonds. The third kappa shape index (κ3) is 3.15. The second-order valence-corrected chi connectivity index (χ2v) is 8.51. The maximum Gasteiger partial charge on any atom is 0.224 e. The van der Waals surface area contributed by atoms with E-state index < -0.39 is 0 Å². The molecule has 1 aromatic heterocycles. The van der Waals surface area contributed by atoms with Crippen molar-refractivity contribution in [3.8, 4) is 0 Å². The maximum atomic E-state index is 12.9. The summed E-state index contributed by atoms with van der Waals surface area (Å²) in [5.74, 6) is 0.108. The molecular formula is C24H22BrN3O. The quantitative estimate of drug-likeness (QED) is 0.468. The lowest BCUT2D eigenvalue weighted by atomic mass is 9.91. The van der Waals surface area contributed by atoms with Crippen molar-refractivity contribution in [2.24, 2.45) is 5.73 Å². The van der Waals surface area contributed by atoms with E-state index in [1.807, 2.05) is 17.0 Å². The van der Waals surface area contributed by atoms with Crippen LogP contribution >= 0.6 is 15.9 Å². The maximum absolute atomic E-state index is 12.9. The predicted molar refractivity (Wildman–Crippen MR) is 121 cm³/mol. The standard InChI is InChI=1S/C24H22BrN3O/c25-18-7-8-21-20(14-18)19-10-12-28(22(29)9-11-26)24(23(19)27-21)17-6-5-15-3-1-2-4-16(15)13-17/h1-8,13-14,24,27H,9-12,26H2. The van der Waals surface area contributed by atoms with Crippen molar-refractivity contribution in [3.05, 3.63) is 82.0 Å². The van der Waals surface area contributed by atoms with Crippen LogP contribution in [0.25, 0.3) is 21.7 Å². The average Bonchev–Trinajstić information content (AvgIpc) is 3.10. The molecule has 0 fully saturated rings. The molecule has 3 aromatic carbocycles. The lowest BCUT2D eigenvalue weighted by Gasteiger charge is -2.36. The zero-order valence-electron chi connectivity index (χ0n) is 16.0. The van der Waals surface area contributed by atoms with Crippen LogP contribution < -0.4 is 5.73 Å². The second-order valence-electron chi connectivity index (χ2n) is 7.59. The highest BCUT2D eigenvalue weighted by molar-refractivity contribution is 9.10. The van der Waals surface area contributed by atoms with Crippen LogP contribution in [0.5, 0.6) is 0 Å². The number of carbonyl (C=O) groups excluding carboxylic acids is 1. The van der Waals surface area contributed by atoms with Gasteiger partial charge in [-0.05, 0) is 52.6 Å². The van der Waals surface area contributed by atoms with E-state index in [0.29, 0.717) is 19.5 Å². The number of fused-ring (bicyclic) bond motifs is 4. The number of benzene rings is 3. The Morgan fingerprint density at radius 3 is 2.76 bits per heavy atom. The Labute approximate surface area is 177 Å². The molecule has 29 heavy (non-hydrogen) atoms. The summed E-state index contributed by atoms with van der Waals surface area (Å²) < 4.78 is 1.07. The molecule has 4 aromatic rings. The lowest BCUT2D eigenvalue weighted by Crippen LogP contribution is -2.41. The van der Waals surface area contributed by atoms with Crippen LogP contribution in [0.15, 0.2) is 65.1 Å². The van der Waals surface area contributed by atoms with Crippen molar-refractivity contribution in [1.82, 2.24) is 9.88 Å². The van der Waals surface area contributed by atoms with E-state index in [1.165, 1.54) is 21.7 Å². The lowest BCUT2D eigenvalue weighted by molar-refractivity contribution is -0.133. The van der Waals surface area contributed by atoms with E-state index in [2.05, 4.69) is 69.4 Å². The Kier molecular flexibility index (Phi) is 4.64. The molecule has 1 unspecified atom stereocenters. The van der Waals surface area contributed by atoms with Gasteiger partial charge < -0.3 is 15.6 Å². The number of aromatic amines is 1. The van der Waals surface area contributed by atoms with Gasteiger partial charge in [0.05, 0.1) is 6.04 Å². The Balaban J connectivity index is 1.71. The minimum atomic E-state index is -0.131. The second kappa shape index (κ2) is 7.32. The number of nitrogens with one attached hydrogen (secondary N) is 1. The van der Waals surface area contributed by atoms with Crippen molar-refractivity contribution in [2.45, 2.75) is 18.9 Å². The molecule has 0 saturated carbocycles. The minimum absolute atomic E-state index is 0.108. The van der Waals surface area contributed by atoms with Crippen LogP contribution in [0.1, 0.15) is 29.3 Å². The average molecular weight is 448 g/mol. The summed E-state index contributed by atoms with van der Waals surface area (Å²) in [7, 11) is 0. The molecule has 2 heterocycles. The largest absolute Gasteiger partial charge is 0.356 e. The molecule has 0 radical (unpaired) electrons. The van der Waals surface area contributed by atoms with Crippen LogP contribution in [0.2, 0.25) is 0 Å². The van der Waals surface area contributed by atoms with Crippen molar-refractivity contribution in [2.75, 3.05) is 13.1 Å². The number of hydrogen-bond acceptors (Lipinski definition) is 2. The van der Waals surface area contributed by atoms with E-state index >= 15 is 0 Å². The molecule has 0 spiro atoms. The third-order valence-corrected chi connectivity index (χ3v) is 6.35. The van der Waals surface area contributed by atoms with Gasteiger partial charge in [0.25, 0.3) is 0 Å². The summed E-state index contributed by atoms with van der Waals surface area (Å²) in [4.78, 5) is 18.6. The summed E-state index contributed by atoms with van der Waals surface area (Å²) in [6, 6.07) is 21.0. The molecule has 0 saturated heterocycles. The van der Waals surface area contributed by atoms with Crippen LogP contribution in [0.4, 0.5) is 0 Å². The molecule has 3 N–H and O–H groups in total. The van der Waals surface area contributed by atoms with Gasteiger partial charge in [-0.15, -0.1) is 0 Å². The number of nitrogens with zero attached hydrogens (tertiary/aromatic N) is 1. The number of H-pyrrole nitrogens is 1. The summed E-state index contributed by atoms with van der Waals surface area (Å²) in [6.45, 7) is 1.06. The molecule has 0 aliphatic carbocycles. The zero-order valence-corrected chi connectivity index (χ0v) is 17.6. The van der Waals surface area contributed by atoms with Gasteiger partial charge in [0, 0.05) is 40.6 Å². The molecule has 146 valence electrons. The first-order chi connectivity index (χ1) is 14.2. The molecule has 1 aliphatic heterocycles. The van der Waals surface area contributed by atoms with Crippen LogP contribution in [0.3, 0.4) is 0 Å². The summed E-state index contributed by atoms with van der Waals surface area (Å²) in [6.07, 6.45) is 1.21. The zero-order chi connectivity index (χ0) is 20.0. The third-order valence-electron chi connectivity index (χ3n) is 5.86. The van der Waals surface area contributed by atoms with Crippen LogP contribution in [-0.4, -0.2) is 28.9 Å². The van der Waals surface area contributed by atoms with Gasteiger partial charge in [-0.1, -0.05) is 52.3 Å². The minimum Gasteiger partial charge on any atom is -0.356 e. The molecular weight excluding hydrogens is 426 g/mol. The van der Waals surface area contributed by atoms with Gasteiger partial charge in [-0.2, -0.15) is 0 Å². The highest BCUT2D eigenvalue weighted by Crippen LogP contribution is 2.40. The Hall–Kier alpha value is -2.63.